The van der Waals surface area contributed by atoms with Gasteiger partial charge >= 0.3 is 12.0 Å². The van der Waals surface area contributed by atoms with Gasteiger partial charge in [0.15, 0.2) is 5.69 Å². The van der Waals surface area contributed by atoms with Crippen LogP contribution < -0.4 is 4.74 Å². The number of carboxylic acids is 1. The summed E-state index contributed by atoms with van der Waals surface area (Å²) in [5, 5.41) is 15.2. The number of carboxylic acid groups (broad SMARTS) is 1. The maximum absolute atomic E-state index is 11.4. The van der Waals surface area contributed by atoms with Crippen LogP contribution in [0.4, 0.5) is 0 Å². The topological polar surface area (TPSA) is 89.6 Å². The van der Waals surface area contributed by atoms with Crippen molar-refractivity contribution >= 4 is 23.1 Å². The van der Waals surface area contributed by atoms with Gasteiger partial charge in [0, 0.05) is 0 Å². The lowest BCUT2D eigenvalue weighted by atomic mass is 10.3. The molecule has 8 heteroatoms. The SMILES string of the molecule is CCOc1nc2nc(-c3cccs3)cc(C(=O)O)n2n1. The molecule has 0 saturated carbocycles. The van der Waals surface area contributed by atoms with Crippen LogP contribution in [0.15, 0.2) is 23.6 Å². The minimum atomic E-state index is -1.09. The van der Waals surface area contributed by atoms with E-state index in [1.54, 1.807) is 6.92 Å². The number of carbonyl (C=O) groups is 1. The highest BCUT2D eigenvalue weighted by Gasteiger charge is 2.17. The lowest BCUT2D eigenvalue weighted by Gasteiger charge is -2.01. The molecule has 0 aromatic carbocycles. The molecule has 0 spiro atoms. The summed E-state index contributed by atoms with van der Waals surface area (Å²) in [6.45, 7) is 2.20. The van der Waals surface area contributed by atoms with E-state index >= 15 is 0 Å². The van der Waals surface area contributed by atoms with Crippen LogP contribution in [0.5, 0.6) is 6.01 Å². The van der Waals surface area contributed by atoms with Crippen molar-refractivity contribution in [2.75, 3.05) is 6.61 Å². The third kappa shape index (κ3) is 2.10. The minimum absolute atomic E-state index is 0.00291. The predicted octanol–water partition coefficient (Wildman–Crippen LogP) is 1.95. The fraction of sp³-hybridized carbons (Fsp3) is 0.167. The number of nitrogens with zero attached hydrogens (tertiary/aromatic N) is 4. The first-order valence-electron chi connectivity index (χ1n) is 5.87. The largest absolute Gasteiger partial charge is 0.477 e. The summed E-state index contributed by atoms with van der Waals surface area (Å²) in [6, 6.07) is 5.34. The van der Waals surface area contributed by atoms with Gasteiger partial charge < -0.3 is 9.84 Å². The van der Waals surface area contributed by atoms with Crippen molar-refractivity contribution in [1.82, 2.24) is 19.6 Å². The van der Waals surface area contributed by atoms with E-state index in [1.165, 1.54) is 21.9 Å². The molecule has 0 aliphatic carbocycles. The Morgan fingerprint density at radius 2 is 2.35 bits per heavy atom. The molecule has 3 heterocycles. The molecule has 3 aromatic heterocycles. The smallest absolute Gasteiger partial charge is 0.354 e. The van der Waals surface area contributed by atoms with Gasteiger partial charge in [0.2, 0.25) is 0 Å². The molecule has 7 nitrogen and oxygen atoms in total. The van der Waals surface area contributed by atoms with E-state index in [9.17, 15) is 9.90 Å². The van der Waals surface area contributed by atoms with Crippen LogP contribution in [0.2, 0.25) is 0 Å². The third-order valence-corrected chi connectivity index (χ3v) is 3.45. The minimum Gasteiger partial charge on any atom is -0.477 e. The van der Waals surface area contributed by atoms with Gasteiger partial charge in [0.1, 0.15) is 0 Å². The van der Waals surface area contributed by atoms with Crippen LogP contribution in [0.25, 0.3) is 16.3 Å². The summed E-state index contributed by atoms with van der Waals surface area (Å²) >= 11 is 1.48. The number of hydrogen-bond acceptors (Lipinski definition) is 6. The van der Waals surface area contributed by atoms with Gasteiger partial charge in [-0.2, -0.15) is 9.50 Å². The summed E-state index contributed by atoms with van der Waals surface area (Å²) < 4.78 is 6.35. The van der Waals surface area contributed by atoms with E-state index in [4.69, 9.17) is 4.74 Å². The number of aromatic carboxylic acids is 1. The van der Waals surface area contributed by atoms with Crippen molar-refractivity contribution in [1.29, 1.82) is 0 Å². The van der Waals surface area contributed by atoms with E-state index in [-0.39, 0.29) is 17.5 Å². The molecule has 0 bridgehead atoms. The summed E-state index contributed by atoms with van der Waals surface area (Å²) in [7, 11) is 0. The number of ether oxygens (including phenoxy) is 1. The molecule has 0 unspecified atom stereocenters. The Morgan fingerprint density at radius 1 is 1.50 bits per heavy atom. The maximum Gasteiger partial charge on any atom is 0.354 e. The Kier molecular flexibility index (Phi) is 3.07. The average Bonchev–Trinajstić information content (AvgIpc) is 3.06. The molecule has 0 fully saturated rings. The van der Waals surface area contributed by atoms with Crippen LogP contribution >= 0.6 is 11.3 Å². The standard InChI is InChI=1S/C12H10N4O3S/c1-2-19-12-14-11-13-7(9-4-3-5-20-9)6-8(10(17)18)16(11)15-12/h3-6H,2H2,1H3,(H,17,18). The van der Waals surface area contributed by atoms with E-state index in [2.05, 4.69) is 15.1 Å². The van der Waals surface area contributed by atoms with Crippen LogP contribution in [-0.2, 0) is 0 Å². The number of aromatic nitrogens is 4. The first kappa shape index (κ1) is 12.5. The normalized spacial score (nSPS) is 10.8. The van der Waals surface area contributed by atoms with Gasteiger partial charge in [0.05, 0.1) is 17.2 Å². The van der Waals surface area contributed by atoms with Crippen LogP contribution in [0.3, 0.4) is 0 Å². The van der Waals surface area contributed by atoms with E-state index in [0.29, 0.717) is 12.3 Å². The first-order chi connectivity index (χ1) is 9.69. The van der Waals surface area contributed by atoms with Crippen LogP contribution in [-0.4, -0.2) is 37.3 Å². The molecule has 0 radical (unpaired) electrons. The van der Waals surface area contributed by atoms with Crippen molar-refractivity contribution in [3.8, 4) is 16.6 Å². The first-order valence-corrected chi connectivity index (χ1v) is 6.75. The molecule has 0 atom stereocenters. The zero-order valence-electron chi connectivity index (χ0n) is 10.5. The van der Waals surface area contributed by atoms with Crippen LogP contribution in [0.1, 0.15) is 17.4 Å². The Labute approximate surface area is 117 Å². The second-order valence-electron chi connectivity index (χ2n) is 3.85. The van der Waals surface area contributed by atoms with Crippen molar-refractivity contribution < 1.29 is 14.6 Å². The van der Waals surface area contributed by atoms with Gasteiger partial charge in [-0.05, 0) is 24.4 Å². The summed E-state index contributed by atoms with van der Waals surface area (Å²) in [4.78, 5) is 20.6. The Hall–Kier alpha value is -2.48. The molecule has 3 aromatic rings. The monoisotopic (exact) mass is 290 g/mol. The molecule has 0 aliphatic rings. The van der Waals surface area contributed by atoms with Crippen molar-refractivity contribution in [3.05, 3.63) is 29.3 Å². The molecule has 0 amide bonds. The summed E-state index contributed by atoms with van der Waals surface area (Å²) in [5.41, 5.74) is 0.553. The molecular weight excluding hydrogens is 280 g/mol. The van der Waals surface area contributed by atoms with Crippen molar-refractivity contribution in [2.24, 2.45) is 0 Å². The average molecular weight is 290 g/mol. The molecule has 3 rings (SSSR count). The molecule has 20 heavy (non-hydrogen) atoms. The molecule has 0 aliphatic heterocycles. The van der Waals surface area contributed by atoms with Crippen molar-refractivity contribution in [3.63, 3.8) is 0 Å². The van der Waals surface area contributed by atoms with E-state index in [0.717, 1.165) is 4.88 Å². The van der Waals surface area contributed by atoms with Crippen LogP contribution in [0, 0.1) is 0 Å². The molecule has 0 saturated heterocycles. The zero-order chi connectivity index (χ0) is 14.1. The molecule has 102 valence electrons. The van der Waals surface area contributed by atoms with E-state index in [1.807, 2.05) is 17.5 Å². The number of thiophene rings is 1. The molecule has 1 N–H and O–H groups in total. The molecular formula is C12H10N4O3S. The highest BCUT2D eigenvalue weighted by molar-refractivity contribution is 7.13. The highest BCUT2D eigenvalue weighted by Crippen LogP contribution is 2.24. The Bertz CT molecular complexity index is 766. The summed E-state index contributed by atoms with van der Waals surface area (Å²) in [5.74, 6) is -0.889. The van der Waals surface area contributed by atoms with Gasteiger partial charge in [0.25, 0.3) is 5.78 Å². The van der Waals surface area contributed by atoms with Gasteiger partial charge in [-0.3, -0.25) is 0 Å². The number of rotatable bonds is 4. The highest BCUT2D eigenvalue weighted by atomic mass is 32.1. The maximum atomic E-state index is 11.4. The van der Waals surface area contributed by atoms with Gasteiger partial charge in [-0.25, -0.2) is 9.78 Å². The zero-order valence-corrected chi connectivity index (χ0v) is 11.3. The number of hydrogen-bond donors (Lipinski definition) is 1. The second kappa shape index (κ2) is 4.89. The fourth-order valence-electron chi connectivity index (χ4n) is 1.74. The quantitative estimate of drug-likeness (QED) is 0.790. The van der Waals surface area contributed by atoms with Gasteiger partial charge in [-0.1, -0.05) is 6.07 Å². The Morgan fingerprint density at radius 3 is 3.00 bits per heavy atom. The Balaban J connectivity index is 2.22. The lowest BCUT2D eigenvalue weighted by Crippen LogP contribution is -2.08. The predicted molar refractivity (Wildman–Crippen MR) is 72.2 cm³/mol. The second-order valence-corrected chi connectivity index (χ2v) is 4.80. The summed E-state index contributed by atoms with van der Waals surface area (Å²) in [6.07, 6.45) is 0. The lowest BCUT2D eigenvalue weighted by molar-refractivity contribution is 0.0687. The van der Waals surface area contributed by atoms with Gasteiger partial charge in [-0.15, -0.1) is 16.4 Å². The number of fused-ring (bicyclic) bond motifs is 1. The fourth-order valence-corrected chi connectivity index (χ4v) is 2.43. The van der Waals surface area contributed by atoms with Crippen molar-refractivity contribution in [2.45, 2.75) is 6.92 Å². The van der Waals surface area contributed by atoms with E-state index < -0.39 is 5.97 Å². The third-order valence-electron chi connectivity index (χ3n) is 2.56.